The summed E-state index contributed by atoms with van der Waals surface area (Å²) >= 11 is 2.32. The summed E-state index contributed by atoms with van der Waals surface area (Å²) in [7, 11) is 1.18. The van der Waals surface area contributed by atoms with Crippen molar-refractivity contribution >= 4 is 57.9 Å². The second-order valence-electron chi connectivity index (χ2n) is 7.50. The summed E-state index contributed by atoms with van der Waals surface area (Å²) in [5.41, 5.74) is 6.39. The maximum atomic E-state index is 12.9. The number of nitrogens with two attached hydrogens (primary N) is 1. The van der Waals surface area contributed by atoms with Gasteiger partial charge >= 0.3 is 11.9 Å². The molecule has 0 spiro atoms. The van der Waals surface area contributed by atoms with E-state index in [1.807, 2.05) is 4.57 Å². The summed E-state index contributed by atoms with van der Waals surface area (Å²) < 4.78 is 10.2. The number of fused-ring (bicyclic) bond motifs is 1. The molecule has 188 valence electrons. The number of nitrogen functional groups attached to an aromatic ring is 1. The van der Waals surface area contributed by atoms with E-state index in [1.54, 1.807) is 18.6 Å². The molecule has 0 aliphatic carbocycles. The zero-order chi connectivity index (χ0) is 25.8. The van der Waals surface area contributed by atoms with Crippen LogP contribution in [0.3, 0.4) is 0 Å². The summed E-state index contributed by atoms with van der Waals surface area (Å²) in [4.78, 5) is 58.3. The quantitative estimate of drug-likeness (QED) is 0.117. The number of amides is 2. The smallest absolute Gasteiger partial charge is 0.346 e. The number of carboxylic acid groups (broad SMARTS) is 1. The molecular weight excluding hydrogens is 514 g/mol. The molecular formula is C20H20N7O7S2+. The predicted molar refractivity (Wildman–Crippen MR) is 126 cm³/mol. The number of esters is 1. The first-order valence-electron chi connectivity index (χ1n) is 10.3. The average Bonchev–Trinajstić information content (AvgIpc) is 3.30. The van der Waals surface area contributed by atoms with E-state index in [0.717, 1.165) is 17.1 Å². The third kappa shape index (κ3) is 5.44. The number of hydrogen-bond donors (Lipinski definition) is 3. The number of pyridine rings is 1. The molecule has 1 unspecified atom stereocenters. The maximum Gasteiger partial charge on any atom is 0.346 e. The van der Waals surface area contributed by atoms with Crippen LogP contribution in [0.4, 0.5) is 5.13 Å². The Hall–Kier alpha value is -4.05. The van der Waals surface area contributed by atoms with Crippen molar-refractivity contribution in [1.29, 1.82) is 0 Å². The topological polar surface area (TPSA) is 190 Å². The Balaban J connectivity index is 1.40. The van der Waals surface area contributed by atoms with Crippen molar-refractivity contribution in [3.05, 3.63) is 47.7 Å². The van der Waals surface area contributed by atoms with Gasteiger partial charge < -0.3 is 30.6 Å². The van der Waals surface area contributed by atoms with Crippen molar-refractivity contribution in [2.24, 2.45) is 5.16 Å². The van der Waals surface area contributed by atoms with Crippen LogP contribution in [0.25, 0.3) is 0 Å². The van der Waals surface area contributed by atoms with Gasteiger partial charge in [-0.1, -0.05) is 5.16 Å². The number of β-lactam (4-membered cyclic amide) rings is 1. The Morgan fingerprint density at radius 3 is 2.75 bits per heavy atom. The van der Waals surface area contributed by atoms with E-state index in [1.165, 1.54) is 35.9 Å². The minimum Gasteiger partial charge on any atom is -0.478 e. The van der Waals surface area contributed by atoms with Crippen molar-refractivity contribution in [2.45, 2.75) is 18.0 Å². The Labute approximate surface area is 211 Å². The molecule has 2 aromatic rings. The number of oxime groups is 1. The van der Waals surface area contributed by atoms with Crippen LogP contribution >= 0.6 is 23.3 Å². The Morgan fingerprint density at radius 1 is 1.36 bits per heavy atom. The highest BCUT2D eigenvalue weighted by Crippen LogP contribution is 2.36. The molecule has 14 nitrogen and oxygen atoms in total. The predicted octanol–water partition coefficient (Wildman–Crippen LogP) is -1.02. The number of rotatable bonds is 9. The first-order valence-corrected chi connectivity index (χ1v) is 12.1. The van der Waals surface area contributed by atoms with E-state index < -0.39 is 30.5 Å². The molecule has 0 aromatic carbocycles. The van der Waals surface area contributed by atoms with Crippen molar-refractivity contribution < 1.29 is 38.4 Å². The minimum absolute atomic E-state index is 0.0975. The van der Waals surface area contributed by atoms with Gasteiger partial charge in [-0.3, -0.25) is 9.59 Å². The lowest BCUT2D eigenvalue weighted by molar-refractivity contribution is -0.689. The fraction of sp³-hybridized carbons (Fsp3) is 0.300. The van der Waals surface area contributed by atoms with E-state index in [-0.39, 0.29) is 33.5 Å². The number of methoxy groups -OCH3 is 1. The van der Waals surface area contributed by atoms with Gasteiger partial charge in [0.15, 0.2) is 24.1 Å². The van der Waals surface area contributed by atoms with Crippen LogP contribution in [0.1, 0.15) is 16.2 Å². The molecule has 1 saturated heterocycles. The van der Waals surface area contributed by atoms with Gasteiger partial charge in [0.2, 0.25) is 18.1 Å². The molecule has 0 radical (unpaired) electrons. The number of hydrogen-bond acceptors (Lipinski definition) is 12. The van der Waals surface area contributed by atoms with Crippen molar-refractivity contribution in [2.75, 3.05) is 25.2 Å². The molecule has 1 fully saturated rings. The molecule has 4 N–H and O–H groups in total. The molecule has 2 amide bonds. The van der Waals surface area contributed by atoms with E-state index in [0.29, 0.717) is 12.3 Å². The second kappa shape index (κ2) is 10.7. The summed E-state index contributed by atoms with van der Waals surface area (Å²) in [6.07, 6.45) is 5.05. The molecule has 2 aliphatic heterocycles. The highest BCUT2D eigenvalue weighted by atomic mass is 32.2. The van der Waals surface area contributed by atoms with Gasteiger partial charge in [-0.2, -0.15) is 9.36 Å². The van der Waals surface area contributed by atoms with Crippen LogP contribution in [0.15, 0.2) is 41.5 Å². The second-order valence-corrected chi connectivity index (χ2v) is 9.38. The Bertz CT molecular complexity index is 1260. The molecule has 0 bridgehead atoms. The molecule has 2 atom stereocenters. The number of carbonyl (C=O) groups is 4. The zero-order valence-electron chi connectivity index (χ0n) is 18.7. The lowest BCUT2D eigenvalue weighted by Crippen LogP contribution is -2.69. The lowest BCUT2D eigenvalue weighted by atomic mass is 10.1. The van der Waals surface area contributed by atoms with Gasteiger partial charge in [0.1, 0.15) is 11.4 Å². The lowest BCUT2D eigenvalue weighted by Gasteiger charge is -2.47. The van der Waals surface area contributed by atoms with E-state index in [9.17, 15) is 19.2 Å². The Kier molecular flexibility index (Phi) is 7.44. The van der Waals surface area contributed by atoms with Gasteiger partial charge in [0.25, 0.3) is 11.8 Å². The largest absolute Gasteiger partial charge is 0.478 e. The van der Waals surface area contributed by atoms with E-state index in [2.05, 4.69) is 24.6 Å². The van der Waals surface area contributed by atoms with Gasteiger partial charge in [-0.25, -0.2) is 14.2 Å². The molecule has 4 rings (SSSR count). The highest BCUT2D eigenvalue weighted by molar-refractivity contribution is 8.00. The number of carboxylic acids is 1. The number of ether oxygens (including phenoxy) is 1. The highest BCUT2D eigenvalue weighted by Gasteiger charge is 2.50. The van der Waals surface area contributed by atoms with Gasteiger partial charge in [0, 0.05) is 41.2 Å². The van der Waals surface area contributed by atoms with Crippen LogP contribution in [-0.2, 0) is 30.5 Å². The number of carbonyl (C=O) groups excluding carboxylic acids is 3. The van der Waals surface area contributed by atoms with E-state index >= 15 is 0 Å². The number of thioether (sulfide) groups is 1. The third-order valence-electron chi connectivity index (χ3n) is 5.09. The number of nitrogens with one attached hydrogen (secondary N) is 1. The van der Waals surface area contributed by atoms with Crippen LogP contribution in [-0.4, -0.2) is 79.7 Å². The molecule has 2 aliphatic rings. The number of aromatic carboxylic acids is 1. The zero-order valence-corrected chi connectivity index (χ0v) is 20.3. The van der Waals surface area contributed by atoms with Gasteiger partial charge in [-0.15, -0.1) is 11.8 Å². The van der Waals surface area contributed by atoms with Crippen molar-refractivity contribution in [1.82, 2.24) is 19.6 Å². The third-order valence-corrected chi connectivity index (χ3v) is 7.01. The number of aromatic nitrogens is 3. The Morgan fingerprint density at radius 2 is 2.11 bits per heavy atom. The average molecular weight is 535 g/mol. The standard InChI is InChI=1S/C20H19N7O7S2/c1-33-12(28)8-34-24-13(15-23-20(21)36-25-15)16(29)22-14-17(30)27-7-10(9-35-18(14)27)6-26-4-2-11(3-5-26)19(31)32/h2-5,7,14,18H,6,8-9H2,1H3,(H3-,21,22,23,25,29,31,32)/p+1/b24-13-/t14?,18-/m1/s1. The van der Waals surface area contributed by atoms with Crippen LogP contribution < -0.4 is 15.6 Å². The fourth-order valence-corrected chi connectivity index (χ4v) is 5.01. The van der Waals surface area contributed by atoms with Crippen molar-refractivity contribution in [3.8, 4) is 0 Å². The summed E-state index contributed by atoms with van der Waals surface area (Å²) in [6.45, 7) is -0.0577. The molecule has 4 heterocycles. The maximum absolute atomic E-state index is 12.9. The molecule has 36 heavy (non-hydrogen) atoms. The monoisotopic (exact) mass is 534 g/mol. The van der Waals surface area contributed by atoms with Crippen LogP contribution in [0, 0.1) is 0 Å². The number of anilines is 1. The molecule has 16 heteroatoms. The van der Waals surface area contributed by atoms with Crippen molar-refractivity contribution in [3.63, 3.8) is 0 Å². The van der Waals surface area contributed by atoms with E-state index in [4.69, 9.17) is 15.7 Å². The van der Waals surface area contributed by atoms with Crippen LogP contribution in [0.2, 0.25) is 0 Å². The first-order chi connectivity index (χ1) is 17.3. The van der Waals surface area contributed by atoms with Crippen LogP contribution in [0.5, 0.6) is 0 Å². The molecule has 2 aromatic heterocycles. The van der Waals surface area contributed by atoms with Gasteiger partial charge in [0.05, 0.1) is 12.7 Å². The SMILES string of the molecule is COC(=O)CO/N=C(\C(=O)NC1C(=O)N2C=C(C[n+]3ccc(C(=O)O)cc3)CS[C@H]12)c1nsc(N)n1. The first kappa shape index (κ1) is 25.1. The fourth-order valence-electron chi connectivity index (χ4n) is 3.32. The number of nitrogens with zero attached hydrogens (tertiary/aromatic N) is 5. The summed E-state index contributed by atoms with van der Waals surface area (Å²) in [6, 6.07) is 2.19. The normalized spacial score (nSPS) is 19.0. The summed E-state index contributed by atoms with van der Waals surface area (Å²) in [5, 5.41) is 15.1. The minimum atomic E-state index is -1.01. The van der Waals surface area contributed by atoms with Gasteiger partial charge in [-0.05, 0) is 0 Å². The molecule has 0 saturated carbocycles. The summed E-state index contributed by atoms with van der Waals surface area (Å²) in [5.74, 6) is -2.29.